The molecule has 0 aliphatic heterocycles. The molecule has 0 fully saturated rings. The first-order valence-electron chi connectivity index (χ1n) is 6.71. The number of nitrogen functional groups attached to an aromatic ring is 1. The molecule has 0 saturated heterocycles. The molecule has 21 heavy (non-hydrogen) atoms. The van der Waals surface area contributed by atoms with Crippen molar-refractivity contribution in [1.82, 2.24) is 9.97 Å². The van der Waals surface area contributed by atoms with Crippen LogP contribution in [0.1, 0.15) is 29.9 Å². The minimum atomic E-state index is -0.587. The van der Waals surface area contributed by atoms with Crippen molar-refractivity contribution in [2.75, 3.05) is 10.6 Å². The highest BCUT2D eigenvalue weighted by atomic mass is 16.1. The molecule has 2 aromatic rings. The van der Waals surface area contributed by atoms with E-state index >= 15 is 0 Å². The fourth-order valence-corrected chi connectivity index (χ4v) is 2.10. The van der Waals surface area contributed by atoms with Crippen LogP contribution in [0.2, 0.25) is 0 Å². The van der Waals surface area contributed by atoms with E-state index in [2.05, 4.69) is 9.97 Å². The number of anilines is 2. The molecule has 0 bridgehead atoms. The van der Waals surface area contributed by atoms with Crippen LogP contribution in [0.4, 0.5) is 11.5 Å². The fourth-order valence-electron chi connectivity index (χ4n) is 2.10. The predicted molar refractivity (Wildman–Crippen MR) is 82.7 cm³/mol. The highest BCUT2D eigenvalue weighted by Gasteiger charge is 2.20. The van der Waals surface area contributed by atoms with Crippen LogP contribution in [-0.2, 0) is 6.54 Å². The Balaban J connectivity index is 2.38. The molecular formula is C15H19N5O. The number of primary amides is 1. The maximum atomic E-state index is 11.5. The van der Waals surface area contributed by atoms with Gasteiger partial charge in [0.1, 0.15) is 0 Å². The van der Waals surface area contributed by atoms with Gasteiger partial charge in [0.15, 0.2) is 11.5 Å². The van der Waals surface area contributed by atoms with Crippen LogP contribution >= 0.6 is 0 Å². The van der Waals surface area contributed by atoms with Crippen molar-refractivity contribution in [3.63, 3.8) is 0 Å². The third-order valence-electron chi connectivity index (χ3n) is 3.11. The molecule has 0 aliphatic rings. The normalized spacial score (nSPS) is 10.6. The second-order valence-electron chi connectivity index (χ2n) is 5.06. The van der Waals surface area contributed by atoms with Crippen molar-refractivity contribution in [1.29, 1.82) is 0 Å². The van der Waals surface area contributed by atoms with Crippen LogP contribution in [0.15, 0.2) is 36.7 Å². The number of carbonyl (C=O) groups excluding carboxylic acids is 1. The fraction of sp³-hybridized carbons (Fsp3) is 0.267. The van der Waals surface area contributed by atoms with Crippen molar-refractivity contribution in [3.8, 4) is 0 Å². The van der Waals surface area contributed by atoms with Crippen LogP contribution < -0.4 is 16.4 Å². The summed E-state index contributed by atoms with van der Waals surface area (Å²) in [6, 6.07) is 7.73. The Morgan fingerprint density at radius 1 is 1.29 bits per heavy atom. The number of nitrogens with two attached hydrogens (primary N) is 2. The molecule has 1 aromatic carbocycles. The lowest BCUT2D eigenvalue weighted by Crippen LogP contribution is -2.33. The first-order chi connectivity index (χ1) is 9.99. The van der Waals surface area contributed by atoms with E-state index in [4.69, 9.17) is 11.5 Å². The zero-order valence-electron chi connectivity index (χ0n) is 12.2. The van der Waals surface area contributed by atoms with E-state index in [-0.39, 0.29) is 11.7 Å². The summed E-state index contributed by atoms with van der Waals surface area (Å²) in [6.07, 6.45) is 3.01. The molecule has 0 atom stereocenters. The van der Waals surface area contributed by atoms with Crippen LogP contribution in [-0.4, -0.2) is 21.9 Å². The number of hydrogen-bond donors (Lipinski definition) is 2. The van der Waals surface area contributed by atoms with Gasteiger partial charge in [-0.3, -0.25) is 4.79 Å². The molecule has 6 nitrogen and oxygen atoms in total. The molecule has 6 heteroatoms. The molecule has 0 radical (unpaired) electrons. The topological polar surface area (TPSA) is 98.1 Å². The van der Waals surface area contributed by atoms with Gasteiger partial charge in [0.25, 0.3) is 5.91 Å². The Labute approximate surface area is 123 Å². The molecule has 1 amide bonds. The number of nitrogens with zero attached hydrogens (tertiary/aromatic N) is 3. The minimum absolute atomic E-state index is 0.126. The third kappa shape index (κ3) is 3.47. The summed E-state index contributed by atoms with van der Waals surface area (Å²) >= 11 is 0. The lowest BCUT2D eigenvalue weighted by Gasteiger charge is -2.28. The third-order valence-corrected chi connectivity index (χ3v) is 3.11. The highest BCUT2D eigenvalue weighted by molar-refractivity contribution is 5.95. The average Bonchev–Trinajstić information content (AvgIpc) is 2.44. The van der Waals surface area contributed by atoms with Crippen molar-refractivity contribution in [3.05, 3.63) is 47.9 Å². The summed E-state index contributed by atoms with van der Waals surface area (Å²) in [5.74, 6) is -0.0984. The van der Waals surface area contributed by atoms with Gasteiger partial charge in [-0.15, -0.1) is 0 Å². The number of hydrogen-bond acceptors (Lipinski definition) is 5. The van der Waals surface area contributed by atoms with E-state index in [9.17, 15) is 4.79 Å². The largest absolute Gasteiger partial charge is 0.399 e. The maximum Gasteiger partial charge on any atom is 0.271 e. The first kappa shape index (κ1) is 14.8. The molecule has 0 saturated carbocycles. The number of carbonyl (C=O) groups is 1. The van der Waals surface area contributed by atoms with Crippen LogP contribution in [0.25, 0.3) is 0 Å². The monoisotopic (exact) mass is 285 g/mol. The highest BCUT2D eigenvalue weighted by Crippen LogP contribution is 2.21. The Hall–Kier alpha value is -2.63. The smallest absolute Gasteiger partial charge is 0.271 e. The van der Waals surface area contributed by atoms with Gasteiger partial charge in [0, 0.05) is 30.7 Å². The van der Waals surface area contributed by atoms with Crippen LogP contribution in [0.5, 0.6) is 0 Å². The van der Waals surface area contributed by atoms with Gasteiger partial charge in [-0.05, 0) is 31.5 Å². The van der Waals surface area contributed by atoms with Gasteiger partial charge in [0.2, 0.25) is 0 Å². The standard InChI is InChI=1S/C15H19N5O/c1-10(2)20(9-11-4-3-5-12(16)8-11)15-13(14(17)21)18-6-7-19-15/h3-8,10H,9,16H2,1-2H3,(H2,17,21). The lowest BCUT2D eigenvalue weighted by molar-refractivity contribution is 0.0995. The lowest BCUT2D eigenvalue weighted by atomic mass is 10.1. The zero-order chi connectivity index (χ0) is 15.4. The summed E-state index contributed by atoms with van der Waals surface area (Å²) in [4.78, 5) is 21.8. The number of aromatic nitrogens is 2. The van der Waals surface area contributed by atoms with Crippen molar-refractivity contribution in [2.45, 2.75) is 26.4 Å². The van der Waals surface area contributed by atoms with Gasteiger partial charge >= 0.3 is 0 Å². The molecule has 1 heterocycles. The Morgan fingerprint density at radius 2 is 2.00 bits per heavy atom. The summed E-state index contributed by atoms with van der Waals surface area (Å²) in [5.41, 5.74) is 13.1. The van der Waals surface area contributed by atoms with E-state index in [1.807, 2.05) is 43.0 Å². The van der Waals surface area contributed by atoms with Gasteiger partial charge in [0.05, 0.1) is 0 Å². The molecule has 0 unspecified atom stereocenters. The molecule has 4 N–H and O–H groups in total. The molecular weight excluding hydrogens is 266 g/mol. The van der Waals surface area contributed by atoms with Gasteiger partial charge in [-0.25, -0.2) is 9.97 Å². The van der Waals surface area contributed by atoms with Gasteiger partial charge in [-0.2, -0.15) is 0 Å². The Bertz CT molecular complexity index is 641. The van der Waals surface area contributed by atoms with Crippen LogP contribution in [0, 0.1) is 0 Å². The summed E-state index contributed by atoms with van der Waals surface area (Å²) < 4.78 is 0. The van der Waals surface area contributed by atoms with E-state index in [0.29, 0.717) is 18.1 Å². The van der Waals surface area contributed by atoms with E-state index in [0.717, 1.165) is 5.56 Å². The van der Waals surface area contributed by atoms with Crippen LogP contribution in [0.3, 0.4) is 0 Å². The average molecular weight is 285 g/mol. The molecule has 2 rings (SSSR count). The van der Waals surface area contributed by atoms with Gasteiger partial charge < -0.3 is 16.4 Å². The Morgan fingerprint density at radius 3 is 2.62 bits per heavy atom. The number of rotatable bonds is 5. The first-order valence-corrected chi connectivity index (χ1v) is 6.71. The second kappa shape index (κ2) is 6.21. The summed E-state index contributed by atoms with van der Waals surface area (Å²) in [6.45, 7) is 4.61. The van der Waals surface area contributed by atoms with E-state index < -0.39 is 5.91 Å². The summed E-state index contributed by atoms with van der Waals surface area (Å²) in [5, 5.41) is 0. The number of benzene rings is 1. The number of amides is 1. The van der Waals surface area contributed by atoms with E-state index in [1.54, 1.807) is 6.20 Å². The SMILES string of the molecule is CC(C)N(Cc1cccc(N)c1)c1nccnc1C(N)=O. The van der Waals surface area contributed by atoms with Gasteiger partial charge in [-0.1, -0.05) is 12.1 Å². The quantitative estimate of drug-likeness (QED) is 0.813. The molecule has 0 spiro atoms. The molecule has 0 aliphatic carbocycles. The molecule has 1 aromatic heterocycles. The zero-order valence-corrected chi connectivity index (χ0v) is 12.2. The molecule has 110 valence electrons. The van der Waals surface area contributed by atoms with Crippen molar-refractivity contribution >= 4 is 17.4 Å². The van der Waals surface area contributed by atoms with E-state index in [1.165, 1.54) is 6.20 Å². The summed E-state index contributed by atoms with van der Waals surface area (Å²) in [7, 11) is 0. The minimum Gasteiger partial charge on any atom is -0.399 e. The van der Waals surface area contributed by atoms with Crippen molar-refractivity contribution in [2.24, 2.45) is 5.73 Å². The predicted octanol–water partition coefficient (Wildman–Crippen LogP) is 1.57. The van der Waals surface area contributed by atoms with Crippen molar-refractivity contribution < 1.29 is 4.79 Å². The Kier molecular flexibility index (Phi) is 4.37. The maximum absolute atomic E-state index is 11.5. The second-order valence-corrected chi connectivity index (χ2v) is 5.06.